The van der Waals surface area contributed by atoms with E-state index in [0.717, 1.165) is 31.1 Å². The number of nitrogens with one attached hydrogen (secondary N) is 1. The van der Waals surface area contributed by atoms with Gasteiger partial charge in [0.2, 0.25) is 0 Å². The standard InChI is InChI=1S/C24H32N4O/c1-27(15-5-14-25)22-10-6-20(7-11-22)18-26-19-24(28-16-3-4-17-28)21-8-12-23(29-2)13-9-21/h6-13,24,26H,3-5,15-19H2,1-2H3/t24-/m0/s1. The Hall–Kier alpha value is -2.55. The smallest absolute Gasteiger partial charge is 0.118 e. The molecule has 0 aromatic heterocycles. The molecule has 154 valence electrons. The van der Waals surface area contributed by atoms with Gasteiger partial charge in [0, 0.05) is 38.4 Å². The van der Waals surface area contributed by atoms with Crippen LogP contribution in [0, 0.1) is 11.3 Å². The van der Waals surface area contributed by atoms with Crippen molar-refractivity contribution in [2.75, 3.05) is 45.2 Å². The lowest BCUT2D eigenvalue weighted by molar-refractivity contribution is 0.238. The quantitative estimate of drug-likeness (QED) is 0.663. The Balaban J connectivity index is 1.57. The summed E-state index contributed by atoms with van der Waals surface area (Å²) in [6.07, 6.45) is 3.12. The van der Waals surface area contributed by atoms with Gasteiger partial charge in [0.05, 0.1) is 19.6 Å². The molecule has 1 heterocycles. The Bertz CT molecular complexity index is 776. The van der Waals surface area contributed by atoms with Crippen LogP contribution in [0.15, 0.2) is 48.5 Å². The molecule has 0 bridgehead atoms. The topological polar surface area (TPSA) is 51.5 Å². The third kappa shape index (κ3) is 5.96. The molecular weight excluding hydrogens is 360 g/mol. The number of hydrogen-bond donors (Lipinski definition) is 1. The zero-order valence-corrected chi connectivity index (χ0v) is 17.6. The van der Waals surface area contributed by atoms with Gasteiger partial charge in [0.1, 0.15) is 5.75 Å². The second kappa shape index (κ2) is 10.8. The maximum atomic E-state index is 8.74. The number of hydrogen-bond acceptors (Lipinski definition) is 5. The van der Waals surface area contributed by atoms with Crippen LogP contribution in [-0.2, 0) is 6.54 Å². The van der Waals surface area contributed by atoms with E-state index in [2.05, 4.69) is 69.7 Å². The maximum absolute atomic E-state index is 8.74. The molecule has 0 radical (unpaired) electrons. The van der Waals surface area contributed by atoms with Gasteiger partial charge in [-0.3, -0.25) is 4.90 Å². The van der Waals surface area contributed by atoms with Crippen molar-refractivity contribution in [1.29, 1.82) is 5.26 Å². The molecule has 0 unspecified atom stereocenters. The van der Waals surface area contributed by atoms with Crippen molar-refractivity contribution in [3.8, 4) is 11.8 Å². The van der Waals surface area contributed by atoms with E-state index in [0.29, 0.717) is 12.5 Å². The monoisotopic (exact) mass is 392 g/mol. The number of methoxy groups -OCH3 is 1. The Kier molecular flexibility index (Phi) is 7.92. The van der Waals surface area contributed by atoms with Gasteiger partial charge in [-0.05, 0) is 61.3 Å². The fourth-order valence-corrected chi connectivity index (χ4v) is 3.91. The van der Waals surface area contributed by atoms with E-state index in [1.54, 1.807) is 7.11 Å². The molecular formula is C24H32N4O. The number of ether oxygens (including phenoxy) is 1. The molecule has 1 atom stereocenters. The highest BCUT2D eigenvalue weighted by atomic mass is 16.5. The van der Waals surface area contributed by atoms with Crippen molar-refractivity contribution in [3.05, 3.63) is 59.7 Å². The second-order valence-corrected chi connectivity index (χ2v) is 7.66. The average molecular weight is 393 g/mol. The van der Waals surface area contributed by atoms with E-state index in [-0.39, 0.29) is 0 Å². The Morgan fingerprint density at radius 3 is 2.41 bits per heavy atom. The van der Waals surface area contributed by atoms with E-state index >= 15 is 0 Å². The van der Waals surface area contributed by atoms with Gasteiger partial charge in [-0.15, -0.1) is 0 Å². The first-order valence-electron chi connectivity index (χ1n) is 10.5. The van der Waals surface area contributed by atoms with Crippen LogP contribution in [0.5, 0.6) is 5.75 Å². The maximum Gasteiger partial charge on any atom is 0.118 e. The third-order valence-corrected chi connectivity index (χ3v) is 5.68. The fourth-order valence-electron chi connectivity index (χ4n) is 3.91. The molecule has 1 fully saturated rings. The highest BCUT2D eigenvalue weighted by Gasteiger charge is 2.23. The lowest BCUT2D eigenvalue weighted by Gasteiger charge is -2.28. The summed E-state index contributed by atoms with van der Waals surface area (Å²) in [4.78, 5) is 4.70. The normalized spacial score (nSPS) is 15.1. The first kappa shape index (κ1) is 21.2. The van der Waals surface area contributed by atoms with Gasteiger partial charge in [0.15, 0.2) is 0 Å². The highest BCUT2D eigenvalue weighted by Crippen LogP contribution is 2.26. The van der Waals surface area contributed by atoms with E-state index in [1.165, 1.54) is 37.1 Å². The average Bonchev–Trinajstić information content (AvgIpc) is 3.30. The number of benzene rings is 2. The molecule has 1 aliphatic rings. The van der Waals surface area contributed by atoms with Gasteiger partial charge in [0.25, 0.3) is 0 Å². The van der Waals surface area contributed by atoms with Crippen LogP contribution < -0.4 is 15.0 Å². The van der Waals surface area contributed by atoms with Gasteiger partial charge in [-0.2, -0.15) is 5.26 Å². The summed E-state index contributed by atoms with van der Waals surface area (Å²) < 4.78 is 5.31. The lowest BCUT2D eigenvalue weighted by Crippen LogP contribution is -2.34. The highest BCUT2D eigenvalue weighted by molar-refractivity contribution is 5.46. The lowest BCUT2D eigenvalue weighted by atomic mass is 10.0. The van der Waals surface area contributed by atoms with Crippen molar-refractivity contribution in [1.82, 2.24) is 10.2 Å². The van der Waals surface area contributed by atoms with Crippen LogP contribution in [0.4, 0.5) is 5.69 Å². The van der Waals surface area contributed by atoms with Crippen LogP contribution in [0.2, 0.25) is 0 Å². The molecule has 1 N–H and O–H groups in total. The largest absolute Gasteiger partial charge is 0.497 e. The zero-order valence-electron chi connectivity index (χ0n) is 17.6. The second-order valence-electron chi connectivity index (χ2n) is 7.66. The van der Waals surface area contributed by atoms with Crippen LogP contribution >= 0.6 is 0 Å². The predicted molar refractivity (Wildman–Crippen MR) is 118 cm³/mol. The minimum Gasteiger partial charge on any atom is -0.497 e. The van der Waals surface area contributed by atoms with Crippen molar-refractivity contribution in [3.63, 3.8) is 0 Å². The molecule has 0 amide bonds. The fraction of sp³-hybridized carbons (Fsp3) is 0.458. The minimum absolute atomic E-state index is 0.389. The van der Waals surface area contributed by atoms with Crippen molar-refractivity contribution >= 4 is 5.69 Å². The summed E-state index contributed by atoms with van der Waals surface area (Å²) in [5.41, 5.74) is 3.77. The number of nitriles is 1. The molecule has 3 rings (SSSR count). The minimum atomic E-state index is 0.389. The zero-order chi connectivity index (χ0) is 20.5. The van der Waals surface area contributed by atoms with Crippen molar-refractivity contribution < 1.29 is 4.74 Å². The molecule has 5 heteroatoms. The number of anilines is 1. The van der Waals surface area contributed by atoms with Crippen molar-refractivity contribution in [2.24, 2.45) is 0 Å². The molecule has 1 aliphatic heterocycles. The third-order valence-electron chi connectivity index (χ3n) is 5.68. The summed E-state index contributed by atoms with van der Waals surface area (Å²) in [7, 11) is 3.74. The number of nitrogens with zero attached hydrogens (tertiary/aromatic N) is 3. The van der Waals surface area contributed by atoms with Crippen LogP contribution in [-0.4, -0.2) is 45.2 Å². The van der Waals surface area contributed by atoms with Gasteiger partial charge in [-0.25, -0.2) is 0 Å². The predicted octanol–water partition coefficient (Wildman–Crippen LogP) is 3.97. The van der Waals surface area contributed by atoms with Crippen LogP contribution in [0.25, 0.3) is 0 Å². The van der Waals surface area contributed by atoms with E-state index in [1.807, 2.05) is 7.05 Å². The van der Waals surface area contributed by atoms with Crippen LogP contribution in [0.3, 0.4) is 0 Å². The molecule has 29 heavy (non-hydrogen) atoms. The van der Waals surface area contributed by atoms with E-state index < -0.39 is 0 Å². The van der Waals surface area contributed by atoms with Crippen molar-refractivity contribution in [2.45, 2.75) is 31.8 Å². The number of rotatable bonds is 10. The van der Waals surface area contributed by atoms with Gasteiger partial charge < -0.3 is 15.0 Å². The first-order chi connectivity index (χ1) is 14.2. The van der Waals surface area contributed by atoms with Crippen LogP contribution in [0.1, 0.15) is 36.4 Å². The van der Waals surface area contributed by atoms with Gasteiger partial charge in [-0.1, -0.05) is 24.3 Å². The SMILES string of the molecule is COc1ccc([C@H](CNCc2ccc(N(C)CCC#N)cc2)N2CCCC2)cc1. The first-order valence-corrected chi connectivity index (χ1v) is 10.5. The molecule has 0 aliphatic carbocycles. The molecule has 5 nitrogen and oxygen atoms in total. The molecule has 2 aromatic rings. The Labute approximate surface area is 174 Å². The summed E-state index contributed by atoms with van der Waals surface area (Å²) in [5.74, 6) is 0.904. The molecule has 0 spiro atoms. The van der Waals surface area contributed by atoms with E-state index in [9.17, 15) is 0 Å². The molecule has 2 aromatic carbocycles. The molecule has 0 saturated carbocycles. The Morgan fingerprint density at radius 1 is 1.10 bits per heavy atom. The van der Waals surface area contributed by atoms with Gasteiger partial charge >= 0.3 is 0 Å². The summed E-state index contributed by atoms with van der Waals surface area (Å²) in [5, 5.41) is 12.4. The number of likely N-dealkylation sites (tertiary alicyclic amines) is 1. The summed E-state index contributed by atoms with van der Waals surface area (Å²) in [6.45, 7) is 4.87. The molecule has 1 saturated heterocycles. The Morgan fingerprint density at radius 2 is 1.79 bits per heavy atom. The summed E-state index contributed by atoms with van der Waals surface area (Å²) in [6, 6.07) is 19.7. The van der Waals surface area contributed by atoms with E-state index in [4.69, 9.17) is 10.00 Å². The summed E-state index contributed by atoms with van der Waals surface area (Å²) >= 11 is 0.